The van der Waals surface area contributed by atoms with Gasteiger partial charge < -0.3 is 20.1 Å². The third-order valence-corrected chi connectivity index (χ3v) is 3.57. The van der Waals surface area contributed by atoms with Gasteiger partial charge in [-0.05, 0) is 43.5 Å². The molecule has 1 aliphatic heterocycles. The summed E-state index contributed by atoms with van der Waals surface area (Å²) in [6.45, 7) is 1.91. The molecule has 1 fully saturated rings. The van der Waals surface area contributed by atoms with E-state index in [4.69, 9.17) is 9.84 Å². The van der Waals surface area contributed by atoms with Gasteiger partial charge in [-0.25, -0.2) is 4.79 Å². The number of carbonyl (C=O) groups is 2. The van der Waals surface area contributed by atoms with Crippen LogP contribution in [-0.2, 0) is 14.3 Å². The standard InChI is InChI=1S/C15H20N2O4/c1-9-8-10(17(2)3)4-5-11(9)16-14(18)12-6-7-13(21-12)15(19)20/h4-5,8,12-13H,6-7H2,1-3H3,(H,16,18)(H,19,20)/t12-,13+/m0/s1. The molecule has 0 unspecified atom stereocenters. The minimum atomic E-state index is -1.02. The first-order valence-electron chi connectivity index (χ1n) is 6.85. The van der Waals surface area contributed by atoms with Crippen LogP contribution in [0.25, 0.3) is 0 Å². The fraction of sp³-hybridized carbons (Fsp3) is 0.467. The Bertz CT molecular complexity index is 557. The number of carbonyl (C=O) groups excluding carboxylic acids is 1. The van der Waals surface area contributed by atoms with Crippen LogP contribution in [0.4, 0.5) is 11.4 Å². The van der Waals surface area contributed by atoms with Gasteiger partial charge in [-0.1, -0.05) is 0 Å². The summed E-state index contributed by atoms with van der Waals surface area (Å²) >= 11 is 0. The molecule has 6 heteroatoms. The number of ether oxygens (including phenoxy) is 1. The second kappa shape index (κ2) is 6.13. The molecule has 2 atom stereocenters. The van der Waals surface area contributed by atoms with Crippen LogP contribution in [-0.4, -0.2) is 43.3 Å². The number of aryl methyl sites for hydroxylation is 1. The molecular formula is C15H20N2O4. The van der Waals surface area contributed by atoms with Crippen molar-refractivity contribution in [3.05, 3.63) is 23.8 Å². The van der Waals surface area contributed by atoms with Crippen LogP contribution >= 0.6 is 0 Å². The van der Waals surface area contributed by atoms with Crippen molar-refractivity contribution in [3.8, 4) is 0 Å². The maximum Gasteiger partial charge on any atom is 0.332 e. The Morgan fingerprint density at radius 1 is 1.29 bits per heavy atom. The van der Waals surface area contributed by atoms with Crippen molar-refractivity contribution >= 4 is 23.3 Å². The zero-order valence-electron chi connectivity index (χ0n) is 12.4. The maximum absolute atomic E-state index is 12.1. The lowest BCUT2D eigenvalue weighted by atomic mass is 10.1. The monoisotopic (exact) mass is 292 g/mol. The minimum Gasteiger partial charge on any atom is -0.479 e. The number of benzene rings is 1. The number of carboxylic acids is 1. The highest BCUT2D eigenvalue weighted by molar-refractivity contribution is 5.95. The minimum absolute atomic E-state index is 0.292. The summed E-state index contributed by atoms with van der Waals surface area (Å²) in [6, 6.07) is 5.73. The number of anilines is 2. The molecule has 1 aliphatic rings. The molecule has 0 spiro atoms. The first-order chi connectivity index (χ1) is 9.88. The van der Waals surface area contributed by atoms with Crippen LogP contribution in [0.15, 0.2) is 18.2 Å². The smallest absolute Gasteiger partial charge is 0.332 e. The fourth-order valence-corrected chi connectivity index (χ4v) is 2.29. The van der Waals surface area contributed by atoms with Gasteiger partial charge in [0, 0.05) is 25.5 Å². The van der Waals surface area contributed by atoms with Gasteiger partial charge in [0.05, 0.1) is 0 Å². The Labute approximate surface area is 123 Å². The van der Waals surface area contributed by atoms with Crippen LogP contribution in [0.2, 0.25) is 0 Å². The summed E-state index contributed by atoms with van der Waals surface area (Å²) < 4.78 is 5.24. The van der Waals surface area contributed by atoms with E-state index >= 15 is 0 Å². The van der Waals surface area contributed by atoms with E-state index in [1.165, 1.54) is 0 Å². The van der Waals surface area contributed by atoms with E-state index in [0.717, 1.165) is 11.3 Å². The average Bonchev–Trinajstić information content (AvgIpc) is 2.90. The topological polar surface area (TPSA) is 78.9 Å². The molecule has 0 radical (unpaired) electrons. The van der Waals surface area contributed by atoms with Crippen LogP contribution in [0.1, 0.15) is 18.4 Å². The van der Waals surface area contributed by atoms with Crippen LogP contribution in [0, 0.1) is 6.92 Å². The van der Waals surface area contributed by atoms with Gasteiger partial charge in [0.15, 0.2) is 6.10 Å². The summed E-state index contributed by atoms with van der Waals surface area (Å²) in [5, 5.41) is 11.7. The Hall–Kier alpha value is -2.08. The summed E-state index contributed by atoms with van der Waals surface area (Å²) in [4.78, 5) is 24.9. The SMILES string of the molecule is Cc1cc(N(C)C)ccc1NC(=O)[C@@H]1CC[C@H](C(=O)O)O1. The number of amides is 1. The highest BCUT2D eigenvalue weighted by Crippen LogP contribution is 2.24. The average molecular weight is 292 g/mol. The zero-order chi connectivity index (χ0) is 15.6. The molecule has 1 aromatic rings. The third-order valence-electron chi connectivity index (χ3n) is 3.57. The summed E-state index contributed by atoms with van der Waals surface area (Å²) in [7, 11) is 3.90. The van der Waals surface area contributed by atoms with Crippen molar-refractivity contribution < 1.29 is 19.4 Å². The largest absolute Gasteiger partial charge is 0.479 e. The van der Waals surface area contributed by atoms with E-state index in [1.807, 2.05) is 44.1 Å². The number of rotatable bonds is 4. The molecule has 114 valence electrons. The Morgan fingerprint density at radius 2 is 1.95 bits per heavy atom. The highest BCUT2D eigenvalue weighted by Gasteiger charge is 2.34. The first kappa shape index (κ1) is 15.3. The van der Waals surface area contributed by atoms with Crippen molar-refractivity contribution in [2.24, 2.45) is 0 Å². The molecule has 1 amide bonds. The van der Waals surface area contributed by atoms with Crippen molar-refractivity contribution in [1.29, 1.82) is 0 Å². The van der Waals surface area contributed by atoms with Gasteiger partial charge in [0.2, 0.25) is 0 Å². The van der Waals surface area contributed by atoms with Gasteiger partial charge >= 0.3 is 5.97 Å². The summed E-state index contributed by atoms with van der Waals surface area (Å²) in [5.74, 6) is -1.31. The van der Waals surface area contributed by atoms with Gasteiger partial charge in [-0.2, -0.15) is 0 Å². The van der Waals surface area contributed by atoms with Crippen LogP contribution < -0.4 is 10.2 Å². The van der Waals surface area contributed by atoms with Crippen LogP contribution in [0.3, 0.4) is 0 Å². The molecule has 1 saturated heterocycles. The molecule has 0 aliphatic carbocycles. The van der Waals surface area contributed by atoms with E-state index in [1.54, 1.807) is 0 Å². The van der Waals surface area contributed by atoms with Gasteiger partial charge in [-0.3, -0.25) is 4.79 Å². The van der Waals surface area contributed by atoms with Crippen molar-refractivity contribution in [2.45, 2.75) is 32.0 Å². The molecule has 1 heterocycles. The molecule has 0 aromatic heterocycles. The lowest BCUT2D eigenvalue weighted by Gasteiger charge is -2.17. The fourth-order valence-electron chi connectivity index (χ4n) is 2.29. The molecule has 0 bridgehead atoms. The predicted molar refractivity (Wildman–Crippen MR) is 79.7 cm³/mol. The lowest BCUT2D eigenvalue weighted by Crippen LogP contribution is -2.30. The zero-order valence-corrected chi connectivity index (χ0v) is 12.4. The van der Waals surface area contributed by atoms with E-state index < -0.39 is 18.2 Å². The van der Waals surface area contributed by atoms with Gasteiger partial charge in [-0.15, -0.1) is 0 Å². The first-order valence-corrected chi connectivity index (χ1v) is 6.85. The van der Waals surface area contributed by atoms with Crippen molar-refractivity contribution in [2.75, 3.05) is 24.3 Å². The predicted octanol–water partition coefficient (Wildman–Crippen LogP) is 1.63. The molecular weight excluding hydrogens is 272 g/mol. The second-order valence-corrected chi connectivity index (χ2v) is 5.41. The molecule has 2 N–H and O–H groups in total. The number of hydrogen-bond donors (Lipinski definition) is 2. The van der Waals surface area contributed by atoms with E-state index in [9.17, 15) is 9.59 Å². The Morgan fingerprint density at radius 3 is 2.48 bits per heavy atom. The third kappa shape index (κ3) is 3.52. The number of carboxylic acid groups (broad SMARTS) is 1. The maximum atomic E-state index is 12.1. The molecule has 0 saturated carbocycles. The van der Waals surface area contributed by atoms with E-state index in [0.29, 0.717) is 18.5 Å². The highest BCUT2D eigenvalue weighted by atomic mass is 16.5. The Kier molecular flexibility index (Phi) is 4.47. The summed E-state index contributed by atoms with van der Waals surface area (Å²) in [6.07, 6.45) is -0.777. The number of nitrogens with zero attached hydrogens (tertiary/aromatic N) is 1. The number of nitrogens with one attached hydrogen (secondary N) is 1. The quantitative estimate of drug-likeness (QED) is 0.882. The van der Waals surface area contributed by atoms with Gasteiger partial charge in [0.25, 0.3) is 5.91 Å². The Balaban J connectivity index is 2.02. The van der Waals surface area contributed by atoms with Crippen LogP contribution in [0.5, 0.6) is 0 Å². The summed E-state index contributed by atoms with van der Waals surface area (Å²) in [5.41, 5.74) is 2.71. The molecule has 2 rings (SSSR count). The molecule has 6 nitrogen and oxygen atoms in total. The van der Waals surface area contributed by atoms with Gasteiger partial charge in [0.1, 0.15) is 6.10 Å². The molecule has 21 heavy (non-hydrogen) atoms. The molecule has 1 aromatic carbocycles. The normalized spacial score (nSPS) is 21.1. The van der Waals surface area contributed by atoms with E-state index in [-0.39, 0.29) is 5.91 Å². The number of aliphatic carboxylic acids is 1. The van der Waals surface area contributed by atoms with Crippen molar-refractivity contribution in [1.82, 2.24) is 0 Å². The lowest BCUT2D eigenvalue weighted by molar-refractivity contribution is -0.150. The number of hydrogen-bond acceptors (Lipinski definition) is 4. The van der Waals surface area contributed by atoms with Crippen molar-refractivity contribution in [3.63, 3.8) is 0 Å². The second-order valence-electron chi connectivity index (χ2n) is 5.41. The van der Waals surface area contributed by atoms with E-state index in [2.05, 4.69) is 5.32 Å².